The van der Waals surface area contributed by atoms with Crippen LogP contribution in [0.3, 0.4) is 0 Å². The number of rotatable bonds is 19. The van der Waals surface area contributed by atoms with Crippen LogP contribution < -0.4 is 25.6 Å². The highest BCUT2D eigenvalue weighted by atomic mass is 32.1. The van der Waals surface area contributed by atoms with E-state index in [9.17, 15) is 33.1 Å². The molecule has 0 spiro atoms. The third-order valence-electron chi connectivity index (χ3n) is 11.0. The number of likely N-dealkylation sites (tertiary alicyclic amines) is 1. The summed E-state index contributed by atoms with van der Waals surface area (Å²) in [5.41, 5.74) is 5.00. The summed E-state index contributed by atoms with van der Waals surface area (Å²) in [5, 5.41) is 21.6. The Kier molecular flexibility index (Phi) is 16.0. The molecule has 2 aliphatic heterocycles. The largest absolute Gasteiger partial charge is 0.490 e. The SMILES string of the molecule is Cc1ncsc1-c1ccc([C@H](C)NC(=O)[C@@H]2C[C@@H](O)CN2C(=O)CC(C)(C)CCNC(=O)CCC(=O)NCCCOc2c(-c3csc(N4CCOCC4)n3)ccc(F)c2F)cc1. The molecule has 62 heavy (non-hydrogen) atoms. The summed E-state index contributed by atoms with van der Waals surface area (Å²) in [6.07, 6.45) is 0.104. The van der Waals surface area contributed by atoms with Crippen molar-refractivity contribution in [3.05, 3.63) is 70.2 Å². The molecule has 2 saturated heterocycles. The van der Waals surface area contributed by atoms with Crippen molar-refractivity contribution in [3.63, 3.8) is 0 Å². The topological polar surface area (TPSA) is 175 Å². The maximum Gasteiger partial charge on any atom is 0.243 e. The first-order valence-corrected chi connectivity index (χ1v) is 22.7. The molecule has 0 radical (unpaired) electrons. The number of ether oxygens (including phenoxy) is 2. The number of anilines is 1. The number of carbonyl (C=O) groups is 4. The van der Waals surface area contributed by atoms with E-state index in [1.54, 1.807) is 16.7 Å². The van der Waals surface area contributed by atoms with Gasteiger partial charge in [0.25, 0.3) is 0 Å². The van der Waals surface area contributed by atoms with Crippen molar-refractivity contribution in [2.45, 2.75) is 84.4 Å². The fraction of sp³-hybridized carbons (Fsp3) is 0.500. The minimum Gasteiger partial charge on any atom is -0.490 e. The van der Waals surface area contributed by atoms with Crippen LogP contribution in [0.5, 0.6) is 5.75 Å². The zero-order chi connectivity index (χ0) is 44.4. The van der Waals surface area contributed by atoms with Crippen LogP contribution in [-0.2, 0) is 23.9 Å². The molecule has 0 aliphatic carbocycles. The van der Waals surface area contributed by atoms with E-state index < -0.39 is 29.2 Å². The van der Waals surface area contributed by atoms with Gasteiger partial charge in [-0.1, -0.05) is 38.1 Å². The first-order chi connectivity index (χ1) is 29.7. The molecule has 3 atom stereocenters. The van der Waals surface area contributed by atoms with Crippen LogP contribution in [0, 0.1) is 24.0 Å². The summed E-state index contributed by atoms with van der Waals surface area (Å²) >= 11 is 2.97. The number of amides is 4. The second-order valence-corrected chi connectivity index (χ2v) is 18.1. The quantitative estimate of drug-likeness (QED) is 0.0845. The number of halogens is 2. The van der Waals surface area contributed by atoms with Crippen molar-refractivity contribution in [3.8, 4) is 27.4 Å². The van der Waals surface area contributed by atoms with Crippen LogP contribution >= 0.6 is 22.7 Å². The van der Waals surface area contributed by atoms with Gasteiger partial charge in [-0.2, -0.15) is 4.39 Å². The number of thiazole rings is 2. The van der Waals surface area contributed by atoms with Crippen LogP contribution in [0.15, 0.2) is 47.3 Å². The van der Waals surface area contributed by atoms with Gasteiger partial charge in [0.15, 0.2) is 16.7 Å². The molecule has 0 unspecified atom stereocenters. The average Bonchev–Trinajstić information content (AvgIpc) is 4.02. The van der Waals surface area contributed by atoms with Gasteiger partial charge >= 0.3 is 0 Å². The lowest BCUT2D eigenvalue weighted by Crippen LogP contribution is -2.47. The van der Waals surface area contributed by atoms with Gasteiger partial charge in [-0.25, -0.2) is 14.4 Å². The normalized spacial score (nSPS) is 17.1. The summed E-state index contributed by atoms with van der Waals surface area (Å²) < 4.78 is 40.1. The summed E-state index contributed by atoms with van der Waals surface area (Å²) in [4.78, 5) is 65.6. The van der Waals surface area contributed by atoms with Crippen molar-refractivity contribution in [2.24, 2.45) is 5.41 Å². The lowest BCUT2D eigenvalue weighted by Gasteiger charge is -2.30. The van der Waals surface area contributed by atoms with E-state index in [4.69, 9.17) is 9.47 Å². The van der Waals surface area contributed by atoms with Crippen LogP contribution in [-0.4, -0.2) is 108 Å². The molecule has 18 heteroatoms. The predicted octanol–water partition coefficient (Wildman–Crippen LogP) is 5.78. The first-order valence-electron chi connectivity index (χ1n) is 20.9. The third kappa shape index (κ3) is 12.3. The van der Waals surface area contributed by atoms with Gasteiger partial charge in [0.2, 0.25) is 29.4 Å². The fourth-order valence-electron chi connectivity index (χ4n) is 7.41. The predicted molar refractivity (Wildman–Crippen MR) is 234 cm³/mol. The molecule has 6 rings (SSSR count). The zero-order valence-electron chi connectivity index (χ0n) is 35.5. The number of aliphatic hydroxyl groups excluding tert-OH is 1. The van der Waals surface area contributed by atoms with E-state index in [1.165, 1.54) is 22.3 Å². The van der Waals surface area contributed by atoms with Crippen molar-refractivity contribution in [2.75, 3.05) is 57.4 Å². The van der Waals surface area contributed by atoms with Gasteiger partial charge in [-0.05, 0) is 55.4 Å². The Hall–Kier alpha value is -5.04. The lowest BCUT2D eigenvalue weighted by molar-refractivity contribution is -0.140. The average molecular weight is 896 g/mol. The molecule has 2 fully saturated rings. The highest BCUT2D eigenvalue weighted by molar-refractivity contribution is 7.14. The molecule has 2 aromatic carbocycles. The Morgan fingerprint density at radius 3 is 2.42 bits per heavy atom. The van der Waals surface area contributed by atoms with Gasteiger partial charge in [-0.15, -0.1) is 22.7 Å². The lowest BCUT2D eigenvalue weighted by atomic mass is 9.85. The number of benzene rings is 2. The van der Waals surface area contributed by atoms with E-state index in [-0.39, 0.29) is 87.3 Å². The molecule has 0 saturated carbocycles. The molecule has 4 amide bonds. The summed E-state index contributed by atoms with van der Waals surface area (Å²) in [5.74, 6) is -3.64. The van der Waals surface area contributed by atoms with Crippen LogP contribution in [0.2, 0.25) is 0 Å². The summed E-state index contributed by atoms with van der Waals surface area (Å²) in [6.45, 7) is 10.8. The maximum absolute atomic E-state index is 14.9. The molecule has 14 nitrogen and oxygen atoms in total. The number of β-amino-alcohol motifs (C(OH)–C–C–N with tert-alkyl or cyclic N) is 1. The van der Waals surface area contributed by atoms with Crippen molar-refractivity contribution in [1.29, 1.82) is 0 Å². The van der Waals surface area contributed by atoms with E-state index in [0.717, 1.165) is 32.9 Å². The van der Waals surface area contributed by atoms with Crippen molar-refractivity contribution >= 4 is 51.4 Å². The smallest absolute Gasteiger partial charge is 0.243 e. The molecule has 4 N–H and O–H groups in total. The van der Waals surface area contributed by atoms with Gasteiger partial charge in [0.05, 0.1) is 53.7 Å². The van der Waals surface area contributed by atoms with Gasteiger partial charge in [-0.3, -0.25) is 19.2 Å². The Morgan fingerprint density at radius 2 is 1.73 bits per heavy atom. The molecule has 334 valence electrons. The third-order valence-corrected chi connectivity index (χ3v) is 12.9. The number of nitrogens with one attached hydrogen (secondary N) is 3. The van der Waals surface area contributed by atoms with Gasteiger partial charge in [0, 0.05) is 69.4 Å². The number of morpholine rings is 1. The highest BCUT2D eigenvalue weighted by Gasteiger charge is 2.40. The Balaban J connectivity index is 0.875. The maximum atomic E-state index is 14.9. The molecule has 0 bridgehead atoms. The van der Waals surface area contributed by atoms with Crippen molar-refractivity contribution < 1.29 is 42.5 Å². The van der Waals surface area contributed by atoms with E-state index >= 15 is 0 Å². The summed E-state index contributed by atoms with van der Waals surface area (Å²) in [6, 6.07) is 9.28. The zero-order valence-corrected chi connectivity index (χ0v) is 37.1. The van der Waals surface area contributed by atoms with Gasteiger partial charge in [0.1, 0.15) is 6.04 Å². The molecule has 4 heterocycles. The monoisotopic (exact) mass is 895 g/mol. The van der Waals surface area contributed by atoms with Crippen LogP contribution in [0.4, 0.5) is 13.9 Å². The van der Waals surface area contributed by atoms with Crippen molar-refractivity contribution in [1.82, 2.24) is 30.8 Å². The van der Waals surface area contributed by atoms with Gasteiger partial charge < -0.3 is 40.3 Å². The molecular weight excluding hydrogens is 841 g/mol. The Morgan fingerprint density at radius 1 is 1.02 bits per heavy atom. The second-order valence-electron chi connectivity index (χ2n) is 16.4. The van der Waals surface area contributed by atoms with E-state index in [1.807, 2.05) is 57.5 Å². The number of aryl methyl sites for hydroxylation is 1. The number of aliphatic hydroxyl groups is 1. The summed E-state index contributed by atoms with van der Waals surface area (Å²) in [7, 11) is 0. The molecular formula is C44H55F2N7O7S2. The number of carbonyl (C=O) groups excluding carboxylic acids is 4. The highest BCUT2D eigenvalue weighted by Crippen LogP contribution is 2.37. The standard InChI is InChI=1S/C44H55F2N7O7S2/c1-27(29-6-8-30(9-7-29)41-28(2)49-26-62-41)50-42(58)35-22-31(54)24-53(35)38(57)23-44(3,4)14-16-48-37(56)13-12-36(55)47-15-5-19-60-40-32(10-11-33(45)39(40)46)34-25-61-43(51-34)52-17-20-59-21-18-52/h6-11,25-27,31,35,54H,5,12-24H2,1-4H3,(H,47,55)(H,48,56)(H,50,58)/t27-,31+,35-/m0/s1. The molecule has 2 aromatic heterocycles. The fourth-order valence-corrected chi connectivity index (χ4v) is 9.10. The minimum atomic E-state index is -1.11. The van der Waals surface area contributed by atoms with E-state index in [0.29, 0.717) is 50.4 Å². The Bertz CT molecular complexity index is 2180. The Labute approximate surface area is 368 Å². The molecule has 2 aliphatic rings. The first kappa shape index (κ1) is 46.5. The number of nitrogens with zero attached hydrogens (tertiary/aromatic N) is 4. The number of hydrogen-bond acceptors (Lipinski definition) is 12. The minimum absolute atomic E-state index is 0.00233. The molecule has 4 aromatic rings. The number of hydrogen-bond donors (Lipinski definition) is 4. The second kappa shape index (κ2) is 21.4. The number of aromatic nitrogens is 2. The van der Waals surface area contributed by atoms with E-state index in [2.05, 4.69) is 30.8 Å². The van der Waals surface area contributed by atoms with Crippen LogP contribution in [0.25, 0.3) is 21.7 Å². The van der Waals surface area contributed by atoms with Crippen LogP contribution in [0.1, 0.15) is 76.6 Å².